The number of carbonyl (C=O) groups is 2. The zero-order valence-corrected chi connectivity index (χ0v) is 17.3. The van der Waals surface area contributed by atoms with Crippen LogP contribution in [0.15, 0.2) is 53.4 Å². The zero-order chi connectivity index (χ0) is 21.7. The topological polar surface area (TPSA) is 131 Å². The summed E-state index contributed by atoms with van der Waals surface area (Å²) < 4.78 is 27.6. The van der Waals surface area contributed by atoms with Crippen LogP contribution in [0.2, 0.25) is 0 Å². The first-order valence-corrected chi connectivity index (χ1v) is 10.9. The van der Waals surface area contributed by atoms with E-state index in [4.69, 9.17) is 9.88 Å². The molecule has 3 amide bonds. The molecular formula is C20H24N4O5S. The number of nitrogens with two attached hydrogens (primary N) is 1. The monoisotopic (exact) mass is 432 g/mol. The highest BCUT2D eigenvalue weighted by molar-refractivity contribution is 7.89. The van der Waals surface area contributed by atoms with Crippen molar-refractivity contribution in [3.8, 4) is 5.75 Å². The third kappa shape index (κ3) is 5.49. The van der Waals surface area contributed by atoms with Gasteiger partial charge in [0.1, 0.15) is 5.75 Å². The zero-order valence-electron chi connectivity index (χ0n) is 16.5. The van der Waals surface area contributed by atoms with Gasteiger partial charge in [-0.05, 0) is 48.4 Å². The van der Waals surface area contributed by atoms with Gasteiger partial charge in [0.2, 0.25) is 15.9 Å². The number of primary sulfonamides is 1. The number of ether oxygens (including phenoxy) is 1. The molecule has 2 aromatic rings. The highest BCUT2D eigenvalue weighted by atomic mass is 32.2. The number of hydrogen-bond donors (Lipinski definition) is 3. The lowest BCUT2D eigenvalue weighted by molar-refractivity contribution is -0.117. The molecule has 1 aliphatic heterocycles. The van der Waals surface area contributed by atoms with E-state index in [9.17, 15) is 18.0 Å². The lowest BCUT2D eigenvalue weighted by Crippen LogP contribution is -2.43. The van der Waals surface area contributed by atoms with Gasteiger partial charge in [-0.25, -0.2) is 18.4 Å². The molecule has 160 valence electrons. The Bertz CT molecular complexity index is 1010. The number of hydrogen-bond acceptors (Lipinski definition) is 5. The van der Waals surface area contributed by atoms with Gasteiger partial charge in [0.05, 0.1) is 18.0 Å². The summed E-state index contributed by atoms with van der Waals surface area (Å²) in [4.78, 5) is 26.1. The normalized spacial score (nSPS) is 16.4. The number of rotatable bonds is 7. The van der Waals surface area contributed by atoms with E-state index in [0.717, 1.165) is 11.3 Å². The van der Waals surface area contributed by atoms with Gasteiger partial charge in [0.25, 0.3) is 0 Å². The van der Waals surface area contributed by atoms with Crippen LogP contribution in [0, 0.1) is 0 Å². The van der Waals surface area contributed by atoms with Crippen molar-refractivity contribution in [2.75, 3.05) is 25.1 Å². The Kier molecular flexibility index (Phi) is 6.58. The fourth-order valence-electron chi connectivity index (χ4n) is 3.22. The number of sulfonamides is 1. The first-order chi connectivity index (χ1) is 14.3. The van der Waals surface area contributed by atoms with Crippen molar-refractivity contribution in [2.45, 2.75) is 23.8 Å². The van der Waals surface area contributed by atoms with Gasteiger partial charge in [-0.3, -0.25) is 4.79 Å². The maximum Gasteiger partial charge on any atom is 0.315 e. The lowest BCUT2D eigenvalue weighted by Gasteiger charge is -2.17. The van der Waals surface area contributed by atoms with Gasteiger partial charge in [0, 0.05) is 25.2 Å². The van der Waals surface area contributed by atoms with Crippen LogP contribution in [0.3, 0.4) is 0 Å². The highest BCUT2D eigenvalue weighted by Gasteiger charge is 2.31. The average molecular weight is 433 g/mol. The van der Waals surface area contributed by atoms with Gasteiger partial charge in [-0.1, -0.05) is 12.1 Å². The van der Waals surface area contributed by atoms with Crippen LogP contribution in [-0.2, 0) is 21.2 Å². The Balaban J connectivity index is 1.45. The second kappa shape index (κ2) is 9.14. The average Bonchev–Trinajstić information content (AvgIpc) is 3.07. The standard InChI is InChI=1S/C20H24N4O5S/c1-29-17-6-4-16(5-7-17)24-13-15(12-19(24)25)23-20(26)22-11-10-14-2-8-18(9-3-14)30(21,27)28/h2-9,15H,10-13H2,1H3,(H2,21,27,28)(H2,22,23,26)/t15-/m1/s1. The minimum absolute atomic E-state index is 0.0456. The summed E-state index contributed by atoms with van der Waals surface area (Å²) in [5.41, 5.74) is 1.62. The van der Waals surface area contributed by atoms with Crippen LogP contribution in [0.5, 0.6) is 5.75 Å². The number of urea groups is 1. The molecule has 2 aromatic carbocycles. The number of carbonyl (C=O) groups excluding carboxylic acids is 2. The van der Waals surface area contributed by atoms with Crippen LogP contribution in [-0.4, -0.2) is 46.6 Å². The third-order valence-corrected chi connectivity index (χ3v) is 5.72. The van der Waals surface area contributed by atoms with E-state index in [2.05, 4.69) is 10.6 Å². The van der Waals surface area contributed by atoms with Crippen molar-refractivity contribution in [1.29, 1.82) is 0 Å². The summed E-state index contributed by atoms with van der Waals surface area (Å²) in [6.45, 7) is 0.761. The summed E-state index contributed by atoms with van der Waals surface area (Å²) in [7, 11) is -2.14. The second-order valence-corrected chi connectivity index (χ2v) is 8.50. The van der Waals surface area contributed by atoms with Gasteiger partial charge in [-0.15, -0.1) is 0 Å². The summed E-state index contributed by atoms with van der Waals surface area (Å²) in [5, 5.41) is 10.6. The highest BCUT2D eigenvalue weighted by Crippen LogP contribution is 2.24. The molecule has 0 spiro atoms. The molecule has 1 heterocycles. The maximum absolute atomic E-state index is 12.3. The minimum atomic E-state index is -3.72. The fraction of sp³-hybridized carbons (Fsp3) is 0.300. The van der Waals surface area contributed by atoms with Crippen molar-refractivity contribution in [3.05, 3.63) is 54.1 Å². The Morgan fingerprint density at radius 2 is 1.83 bits per heavy atom. The van der Waals surface area contributed by atoms with E-state index < -0.39 is 10.0 Å². The van der Waals surface area contributed by atoms with E-state index in [1.165, 1.54) is 12.1 Å². The predicted molar refractivity (Wildman–Crippen MR) is 112 cm³/mol. The number of nitrogens with one attached hydrogen (secondary N) is 2. The van der Waals surface area contributed by atoms with Crippen molar-refractivity contribution in [2.24, 2.45) is 5.14 Å². The molecule has 9 nitrogen and oxygen atoms in total. The molecular weight excluding hydrogens is 408 g/mol. The minimum Gasteiger partial charge on any atom is -0.497 e. The Morgan fingerprint density at radius 3 is 2.43 bits per heavy atom. The summed E-state index contributed by atoms with van der Waals surface area (Å²) >= 11 is 0. The van der Waals surface area contributed by atoms with Crippen LogP contribution in [0.4, 0.5) is 10.5 Å². The molecule has 30 heavy (non-hydrogen) atoms. The van der Waals surface area contributed by atoms with Gasteiger partial charge in [-0.2, -0.15) is 0 Å². The molecule has 1 atom stereocenters. The van der Waals surface area contributed by atoms with E-state index in [1.54, 1.807) is 48.4 Å². The predicted octanol–water partition coefficient (Wildman–Crippen LogP) is 0.990. The molecule has 0 bridgehead atoms. The molecule has 0 saturated carbocycles. The SMILES string of the molecule is COc1ccc(N2C[C@H](NC(=O)NCCc3ccc(S(N)(=O)=O)cc3)CC2=O)cc1. The van der Waals surface area contributed by atoms with Gasteiger partial charge in [0.15, 0.2) is 0 Å². The number of anilines is 1. The molecule has 0 radical (unpaired) electrons. The molecule has 3 rings (SSSR count). The summed E-state index contributed by atoms with van der Waals surface area (Å²) in [5.74, 6) is 0.652. The van der Waals surface area contributed by atoms with Gasteiger partial charge >= 0.3 is 6.03 Å². The molecule has 1 saturated heterocycles. The van der Waals surface area contributed by atoms with E-state index in [0.29, 0.717) is 25.3 Å². The molecule has 0 aromatic heterocycles. The van der Waals surface area contributed by atoms with Crippen LogP contribution >= 0.6 is 0 Å². The molecule has 0 unspecified atom stereocenters. The Labute approximate surface area is 175 Å². The van der Waals surface area contributed by atoms with Crippen molar-refractivity contribution in [3.63, 3.8) is 0 Å². The smallest absolute Gasteiger partial charge is 0.315 e. The van der Waals surface area contributed by atoms with Crippen molar-refractivity contribution >= 4 is 27.6 Å². The number of benzene rings is 2. The van der Waals surface area contributed by atoms with E-state index in [1.807, 2.05) is 0 Å². The van der Waals surface area contributed by atoms with Crippen LogP contribution < -0.4 is 25.4 Å². The molecule has 0 aliphatic carbocycles. The van der Waals surface area contributed by atoms with Gasteiger partial charge < -0.3 is 20.3 Å². The first kappa shape index (κ1) is 21.6. The quantitative estimate of drug-likeness (QED) is 0.601. The third-order valence-electron chi connectivity index (χ3n) is 4.80. The van der Waals surface area contributed by atoms with Crippen molar-refractivity contribution in [1.82, 2.24) is 10.6 Å². The number of amides is 3. The second-order valence-electron chi connectivity index (χ2n) is 6.94. The van der Waals surface area contributed by atoms with Crippen molar-refractivity contribution < 1.29 is 22.7 Å². The molecule has 1 fully saturated rings. The Hall–Kier alpha value is -3.11. The van der Waals surface area contributed by atoms with Crippen LogP contribution in [0.1, 0.15) is 12.0 Å². The maximum atomic E-state index is 12.3. The largest absolute Gasteiger partial charge is 0.497 e. The lowest BCUT2D eigenvalue weighted by atomic mass is 10.1. The molecule has 4 N–H and O–H groups in total. The Morgan fingerprint density at radius 1 is 1.17 bits per heavy atom. The van der Waals surface area contributed by atoms with E-state index in [-0.39, 0.29) is 29.3 Å². The number of methoxy groups -OCH3 is 1. The van der Waals surface area contributed by atoms with Crippen LogP contribution in [0.25, 0.3) is 0 Å². The summed E-state index contributed by atoms with van der Waals surface area (Å²) in [6.07, 6.45) is 0.758. The first-order valence-electron chi connectivity index (χ1n) is 9.37. The van der Waals surface area contributed by atoms with E-state index >= 15 is 0 Å². The summed E-state index contributed by atoms with van der Waals surface area (Å²) in [6, 6.07) is 12.7. The number of nitrogens with zero attached hydrogens (tertiary/aromatic N) is 1. The molecule has 10 heteroatoms. The molecule has 1 aliphatic rings. The fourth-order valence-corrected chi connectivity index (χ4v) is 3.73.